The molecule has 4 rings (SSSR count). The van der Waals surface area contributed by atoms with Crippen molar-refractivity contribution in [3.05, 3.63) is 53.0 Å². The molecule has 1 saturated heterocycles. The van der Waals surface area contributed by atoms with Gasteiger partial charge in [-0.3, -0.25) is 4.79 Å². The first-order valence-corrected chi connectivity index (χ1v) is 10.5. The summed E-state index contributed by atoms with van der Waals surface area (Å²) < 4.78 is 1.87. The summed E-state index contributed by atoms with van der Waals surface area (Å²) in [4.78, 5) is 19.6. The number of fused-ring (bicyclic) bond motifs is 1. The molecule has 0 bridgehead atoms. The first kappa shape index (κ1) is 19.4. The van der Waals surface area contributed by atoms with Crippen molar-refractivity contribution in [2.45, 2.75) is 52.9 Å². The molecule has 6 nitrogen and oxygen atoms in total. The van der Waals surface area contributed by atoms with E-state index in [4.69, 9.17) is 0 Å². The molecule has 0 saturated carbocycles. The molecule has 6 heteroatoms. The van der Waals surface area contributed by atoms with Crippen LogP contribution in [0.5, 0.6) is 0 Å². The highest BCUT2D eigenvalue weighted by molar-refractivity contribution is 5.91. The Morgan fingerprint density at radius 3 is 2.52 bits per heavy atom. The Labute approximate surface area is 171 Å². The number of anilines is 2. The average Bonchev–Trinajstić information content (AvgIpc) is 3.09. The number of aryl methyl sites for hydroxylation is 3. The van der Waals surface area contributed by atoms with Crippen LogP contribution in [0.3, 0.4) is 0 Å². The lowest BCUT2D eigenvalue weighted by Crippen LogP contribution is -2.29. The number of amides is 1. The molecule has 152 valence electrons. The molecule has 1 aromatic carbocycles. The quantitative estimate of drug-likeness (QED) is 0.707. The zero-order valence-electron chi connectivity index (χ0n) is 17.5. The first-order chi connectivity index (χ1) is 14.0. The van der Waals surface area contributed by atoms with Crippen molar-refractivity contribution in [2.24, 2.45) is 0 Å². The number of benzene rings is 1. The zero-order valence-corrected chi connectivity index (χ0v) is 17.5. The van der Waals surface area contributed by atoms with Crippen LogP contribution in [0.1, 0.15) is 48.3 Å². The maximum atomic E-state index is 12.5. The van der Waals surface area contributed by atoms with Gasteiger partial charge >= 0.3 is 0 Å². The predicted molar refractivity (Wildman–Crippen MR) is 117 cm³/mol. The smallest absolute Gasteiger partial charge is 0.224 e. The largest absolute Gasteiger partial charge is 0.372 e. The molecule has 0 aliphatic carbocycles. The van der Waals surface area contributed by atoms with E-state index in [1.807, 2.05) is 43.5 Å². The number of rotatable bonds is 5. The van der Waals surface area contributed by atoms with Gasteiger partial charge in [-0.05, 0) is 76.3 Å². The third kappa shape index (κ3) is 4.26. The average molecular weight is 392 g/mol. The van der Waals surface area contributed by atoms with Crippen molar-refractivity contribution in [3.63, 3.8) is 0 Å². The summed E-state index contributed by atoms with van der Waals surface area (Å²) in [6, 6.07) is 10.2. The molecular weight excluding hydrogens is 362 g/mol. The second-order valence-electron chi connectivity index (χ2n) is 7.96. The molecule has 2 aromatic heterocycles. The number of piperidine rings is 1. The number of hydrogen-bond donors (Lipinski definition) is 1. The van der Waals surface area contributed by atoms with Crippen LogP contribution in [-0.2, 0) is 11.2 Å². The van der Waals surface area contributed by atoms with Crippen molar-refractivity contribution in [3.8, 4) is 0 Å². The molecule has 1 aliphatic rings. The Kier molecular flexibility index (Phi) is 5.51. The zero-order chi connectivity index (χ0) is 20.4. The Balaban J connectivity index is 1.38. The molecule has 1 N–H and O–H groups in total. The SMILES string of the molecule is Cc1cc2nc(C)c(CCC(=O)Nc3ccc(N4CCCCC4)cc3)c(C)n2n1. The number of aromatic nitrogens is 3. The number of nitrogens with zero attached hydrogens (tertiary/aromatic N) is 4. The molecule has 3 heterocycles. The first-order valence-electron chi connectivity index (χ1n) is 10.5. The van der Waals surface area contributed by atoms with E-state index in [1.54, 1.807) is 0 Å². The lowest BCUT2D eigenvalue weighted by molar-refractivity contribution is -0.116. The van der Waals surface area contributed by atoms with Crippen LogP contribution in [-0.4, -0.2) is 33.6 Å². The number of hydrogen-bond acceptors (Lipinski definition) is 4. The van der Waals surface area contributed by atoms with Crippen LogP contribution in [0.4, 0.5) is 11.4 Å². The maximum Gasteiger partial charge on any atom is 0.224 e. The lowest BCUT2D eigenvalue weighted by atomic mass is 10.1. The second-order valence-corrected chi connectivity index (χ2v) is 7.96. The monoisotopic (exact) mass is 391 g/mol. The summed E-state index contributed by atoms with van der Waals surface area (Å²) in [6.07, 6.45) is 4.92. The highest BCUT2D eigenvalue weighted by Gasteiger charge is 2.14. The summed E-state index contributed by atoms with van der Waals surface area (Å²) in [5.74, 6) is 0.0197. The number of carbonyl (C=O) groups is 1. The molecule has 1 aliphatic heterocycles. The molecule has 0 radical (unpaired) electrons. The van der Waals surface area contributed by atoms with Crippen LogP contribution in [0.15, 0.2) is 30.3 Å². The molecule has 0 unspecified atom stereocenters. The van der Waals surface area contributed by atoms with Crippen molar-refractivity contribution in [2.75, 3.05) is 23.3 Å². The Hall–Kier alpha value is -2.89. The van der Waals surface area contributed by atoms with Crippen molar-refractivity contribution < 1.29 is 4.79 Å². The van der Waals surface area contributed by atoms with Gasteiger partial charge in [-0.25, -0.2) is 9.50 Å². The van der Waals surface area contributed by atoms with Gasteiger partial charge in [0.25, 0.3) is 0 Å². The third-order valence-corrected chi connectivity index (χ3v) is 5.76. The van der Waals surface area contributed by atoms with Gasteiger partial charge in [0.2, 0.25) is 5.91 Å². The fourth-order valence-corrected chi connectivity index (χ4v) is 4.17. The summed E-state index contributed by atoms with van der Waals surface area (Å²) in [6.45, 7) is 8.26. The maximum absolute atomic E-state index is 12.5. The van der Waals surface area contributed by atoms with E-state index in [0.29, 0.717) is 12.8 Å². The second kappa shape index (κ2) is 8.23. The standard InChI is InChI=1S/C23H29N5O/c1-16-15-22-24-17(2)21(18(3)28(22)26-16)11-12-23(29)25-19-7-9-20(10-8-19)27-13-5-4-6-14-27/h7-10,15H,4-6,11-14H2,1-3H3,(H,25,29). The van der Waals surface area contributed by atoms with Crippen molar-refractivity contribution in [1.29, 1.82) is 0 Å². The van der Waals surface area contributed by atoms with E-state index in [2.05, 4.69) is 32.4 Å². The summed E-state index contributed by atoms with van der Waals surface area (Å²) >= 11 is 0. The summed E-state index contributed by atoms with van der Waals surface area (Å²) in [5.41, 5.74) is 7.01. The van der Waals surface area contributed by atoms with E-state index < -0.39 is 0 Å². The minimum Gasteiger partial charge on any atom is -0.372 e. The van der Waals surface area contributed by atoms with Gasteiger partial charge in [0.15, 0.2) is 5.65 Å². The molecular formula is C23H29N5O. The number of carbonyl (C=O) groups excluding carboxylic acids is 1. The van der Waals surface area contributed by atoms with Crippen LogP contribution < -0.4 is 10.2 Å². The topological polar surface area (TPSA) is 62.5 Å². The summed E-state index contributed by atoms with van der Waals surface area (Å²) in [7, 11) is 0. The predicted octanol–water partition coefficient (Wildman–Crippen LogP) is 4.22. The van der Waals surface area contributed by atoms with Crippen LogP contribution in [0.25, 0.3) is 5.65 Å². The Morgan fingerprint density at radius 1 is 1.07 bits per heavy atom. The summed E-state index contributed by atoms with van der Waals surface area (Å²) in [5, 5.41) is 7.53. The van der Waals surface area contributed by atoms with Gasteiger partial charge in [0.05, 0.1) is 5.69 Å². The number of nitrogens with one attached hydrogen (secondary N) is 1. The van der Waals surface area contributed by atoms with Gasteiger partial charge in [-0.2, -0.15) is 5.10 Å². The molecule has 3 aromatic rings. The molecule has 1 amide bonds. The molecule has 0 atom stereocenters. The lowest BCUT2D eigenvalue weighted by Gasteiger charge is -2.28. The van der Waals surface area contributed by atoms with E-state index >= 15 is 0 Å². The highest BCUT2D eigenvalue weighted by Crippen LogP contribution is 2.22. The van der Waals surface area contributed by atoms with Crippen LogP contribution >= 0.6 is 0 Å². The minimum atomic E-state index is 0.0197. The van der Waals surface area contributed by atoms with Gasteiger partial charge in [0.1, 0.15) is 0 Å². The Bertz CT molecular complexity index is 1020. The third-order valence-electron chi connectivity index (χ3n) is 5.76. The fourth-order valence-electron chi connectivity index (χ4n) is 4.17. The highest BCUT2D eigenvalue weighted by atomic mass is 16.1. The molecule has 0 spiro atoms. The minimum absolute atomic E-state index is 0.0197. The van der Waals surface area contributed by atoms with E-state index in [1.165, 1.54) is 24.9 Å². The van der Waals surface area contributed by atoms with Crippen molar-refractivity contribution >= 4 is 22.9 Å². The normalized spacial score (nSPS) is 14.4. The van der Waals surface area contributed by atoms with Gasteiger partial charge in [0, 0.05) is 48.3 Å². The fraction of sp³-hybridized carbons (Fsp3) is 0.435. The van der Waals surface area contributed by atoms with Crippen LogP contribution in [0.2, 0.25) is 0 Å². The molecule has 29 heavy (non-hydrogen) atoms. The van der Waals surface area contributed by atoms with Gasteiger partial charge in [-0.1, -0.05) is 0 Å². The van der Waals surface area contributed by atoms with Gasteiger partial charge in [-0.15, -0.1) is 0 Å². The van der Waals surface area contributed by atoms with E-state index in [0.717, 1.165) is 47.1 Å². The van der Waals surface area contributed by atoms with Crippen molar-refractivity contribution in [1.82, 2.24) is 14.6 Å². The Morgan fingerprint density at radius 2 is 1.79 bits per heavy atom. The van der Waals surface area contributed by atoms with Crippen LogP contribution in [0, 0.1) is 20.8 Å². The van der Waals surface area contributed by atoms with E-state index in [9.17, 15) is 4.79 Å². The van der Waals surface area contributed by atoms with E-state index in [-0.39, 0.29) is 5.91 Å². The van der Waals surface area contributed by atoms with Gasteiger partial charge < -0.3 is 10.2 Å². The molecule has 1 fully saturated rings.